The zero-order valence-electron chi connectivity index (χ0n) is 11.7. The van der Waals surface area contributed by atoms with Gasteiger partial charge in [-0.25, -0.2) is 9.97 Å². The van der Waals surface area contributed by atoms with Crippen molar-refractivity contribution in [1.82, 2.24) is 14.5 Å². The molecule has 0 spiro atoms. The minimum atomic E-state index is -0.148. The molecule has 2 aromatic heterocycles. The highest BCUT2D eigenvalue weighted by Crippen LogP contribution is 2.25. The van der Waals surface area contributed by atoms with Crippen molar-refractivity contribution in [2.75, 3.05) is 0 Å². The standard InChI is InChI=1S/C16H15N5/c1-11(18)12-5-4-10-19-16(12)21-14-7-3-2-6-13(14)20-15(21)8-9-17/h2-7,10-11H,8,18H2,1H3/t11-/m1/s1. The summed E-state index contributed by atoms with van der Waals surface area (Å²) in [4.78, 5) is 9.01. The van der Waals surface area contributed by atoms with E-state index in [1.54, 1.807) is 6.20 Å². The fourth-order valence-electron chi connectivity index (χ4n) is 2.45. The Morgan fingerprint density at radius 3 is 2.86 bits per heavy atom. The van der Waals surface area contributed by atoms with Gasteiger partial charge >= 0.3 is 0 Å². The van der Waals surface area contributed by atoms with Crippen LogP contribution < -0.4 is 5.73 Å². The topological polar surface area (TPSA) is 80.5 Å². The number of hydrogen-bond donors (Lipinski definition) is 1. The number of nitrogens with zero attached hydrogens (tertiary/aromatic N) is 4. The highest BCUT2D eigenvalue weighted by Gasteiger charge is 2.17. The number of hydrogen-bond acceptors (Lipinski definition) is 4. The second-order valence-electron chi connectivity index (χ2n) is 4.89. The molecule has 0 aliphatic heterocycles. The number of pyridine rings is 1. The maximum absolute atomic E-state index is 9.05. The van der Waals surface area contributed by atoms with Crippen LogP contribution in [0.2, 0.25) is 0 Å². The summed E-state index contributed by atoms with van der Waals surface area (Å²) in [5.41, 5.74) is 8.76. The predicted molar refractivity (Wildman–Crippen MR) is 80.8 cm³/mol. The molecule has 0 saturated carbocycles. The van der Waals surface area contributed by atoms with Crippen molar-refractivity contribution in [2.45, 2.75) is 19.4 Å². The lowest BCUT2D eigenvalue weighted by Gasteiger charge is -2.14. The highest BCUT2D eigenvalue weighted by atomic mass is 15.1. The van der Waals surface area contributed by atoms with E-state index in [2.05, 4.69) is 16.0 Å². The van der Waals surface area contributed by atoms with E-state index in [-0.39, 0.29) is 12.5 Å². The molecule has 0 bridgehead atoms. The van der Waals surface area contributed by atoms with Gasteiger partial charge in [0.2, 0.25) is 0 Å². The van der Waals surface area contributed by atoms with Gasteiger partial charge in [-0.1, -0.05) is 18.2 Å². The van der Waals surface area contributed by atoms with Gasteiger partial charge in [0.1, 0.15) is 11.6 Å². The molecule has 104 valence electrons. The molecule has 0 aliphatic carbocycles. The number of para-hydroxylation sites is 2. The molecule has 0 amide bonds. The highest BCUT2D eigenvalue weighted by molar-refractivity contribution is 5.78. The molecule has 5 nitrogen and oxygen atoms in total. The lowest BCUT2D eigenvalue weighted by molar-refractivity contribution is 0.786. The van der Waals surface area contributed by atoms with E-state index in [9.17, 15) is 0 Å². The van der Waals surface area contributed by atoms with E-state index in [0.29, 0.717) is 5.82 Å². The smallest absolute Gasteiger partial charge is 0.143 e. The van der Waals surface area contributed by atoms with Crippen molar-refractivity contribution in [3.8, 4) is 11.9 Å². The largest absolute Gasteiger partial charge is 0.324 e. The minimum absolute atomic E-state index is 0.148. The molecule has 0 radical (unpaired) electrons. The summed E-state index contributed by atoms with van der Waals surface area (Å²) in [7, 11) is 0. The van der Waals surface area contributed by atoms with Crippen molar-refractivity contribution in [3.05, 3.63) is 54.0 Å². The number of nitrogens with two attached hydrogens (primary N) is 1. The maximum Gasteiger partial charge on any atom is 0.143 e. The Morgan fingerprint density at radius 2 is 2.10 bits per heavy atom. The first kappa shape index (κ1) is 13.3. The molecule has 3 aromatic rings. The van der Waals surface area contributed by atoms with Gasteiger partial charge in [-0.3, -0.25) is 4.57 Å². The lowest BCUT2D eigenvalue weighted by atomic mass is 10.1. The van der Waals surface area contributed by atoms with Gasteiger partial charge in [0.25, 0.3) is 0 Å². The molecular formula is C16H15N5. The summed E-state index contributed by atoms with van der Waals surface area (Å²) >= 11 is 0. The molecule has 0 unspecified atom stereocenters. The fourth-order valence-corrected chi connectivity index (χ4v) is 2.45. The second-order valence-corrected chi connectivity index (χ2v) is 4.89. The summed E-state index contributed by atoms with van der Waals surface area (Å²) < 4.78 is 1.93. The number of benzene rings is 1. The Labute approximate surface area is 122 Å². The maximum atomic E-state index is 9.05. The van der Waals surface area contributed by atoms with E-state index in [1.165, 1.54) is 0 Å². The monoisotopic (exact) mass is 277 g/mol. The van der Waals surface area contributed by atoms with Crippen LogP contribution in [0.5, 0.6) is 0 Å². The SMILES string of the molecule is C[C@@H](N)c1cccnc1-n1c(CC#N)nc2ccccc21. The van der Waals surface area contributed by atoms with E-state index in [1.807, 2.05) is 47.9 Å². The van der Waals surface area contributed by atoms with E-state index < -0.39 is 0 Å². The van der Waals surface area contributed by atoms with E-state index in [0.717, 1.165) is 22.4 Å². The van der Waals surface area contributed by atoms with Gasteiger partial charge in [-0.15, -0.1) is 0 Å². The Bertz CT molecular complexity index is 826. The van der Waals surface area contributed by atoms with Crippen molar-refractivity contribution in [1.29, 1.82) is 5.26 Å². The molecule has 0 saturated heterocycles. The Morgan fingerprint density at radius 1 is 1.29 bits per heavy atom. The van der Waals surface area contributed by atoms with E-state index >= 15 is 0 Å². The predicted octanol–water partition coefficient (Wildman–Crippen LogP) is 2.51. The molecule has 2 heterocycles. The van der Waals surface area contributed by atoms with Crippen LogP contribution in [0.1, 0.15) is 24.4 Å². The normalized spacial score (nSPS) is 12.2. The molecule has 1 aromatic carbocycles. The number of imidazole rings is 1. The third-order valence-corrected chi connectivity index (χ3v) is 3.39. The molecule has 0 aliphatic rings. The van der Waals surface area contributed by atoms with Gasteiger partial charge in [-0.2, -0.15) is 5.26 Å². The van der Waals surface area contributed by atoms with Crippen LogP contribution >= 0.6 is 0 Å². The summed E-state index contributed by atoms with van der Waals surface area (Å²) in [6.07, 6.45) is 1.95. The zero-order chi connectivity index (χ0) is 14.8. The first-order valence-corrected chi connectivity index (χ1v) is 6.76. The van der Waals surface area contributed by atoms with Gasteiger partial charge in [0.15, 0.2) is 0 Å². The number of nitriles is 1. The Hall–Kier alpha value is -2.71. The lowest BCUT2D eigenvalue weighted by Crippen LogP contribution is -2.12. The summed E-state index contributed by atoms with van der Waals surface area (Å²) in [5, 5.41) is 9.05. The first-order valence-electron chi connectivity index (χ1n) is 6.76. The molecule has 2 N–H and O–H groups in total. The summed E-state index contributed by atoms with van der Waals surface area (Å²) in [6.45, 7) is 1.92. The zero-order valence-corrected chi connectivity index (χ0v) is 11.7. The summed E-state index contributed by atoms with van der Waals surface area (Å²) in [5.74, 6) is 1.42. The Balaban J connectivity index is 2.34. The quantitative estimate of drug-likeness (QED) is 0.797. The van der Waals surface area contributed by atoms with Crippen LogP contribution in [0, 0.1) is 11.3 Å². The fraction of sp³-hybridized carbons (Fsp3) is 0.188. The van der Waals surface area contributed by atoms with Crippen molar-refractivity contribution >= 4 is 11.0 Å². The van der Waals surface area contributed by atoms with Crippen LogP contribution in [0.4, 0.5) is 0 Å². The van der Waals surface area contributed by atoms with Crippen LogP contribution in [-0.4, -0.2) is 14.5 Å². The molecular weight excluding hydrogens is 262 g/mol. The molecule has 21 heavy (non-hydrogen) atoms. The summed E-state index contributed by atoms with van der Waals surface area (Å²) in [6, 6.07) is 13.6. The van der Waals surface area contributed by atoms with Crippen LogP contribution in [0.15, 0.2) is 42.6 Å². The van der Waals surface area contributed by atoms with Crippen LogP contribution in [0.3, 0.4) is 0 Å². The first-order chi connectivity index (χ1) is 10.2. The minimum Gasteiger partial charge on any atom is -0.324 e. The van der Waals surface area contributed by atoms with Crippen molar-refractivity contribution < 1.29 is 0 Å². The van der Waals surface area contributed by atoms with Gasteiger partial charge in [0.05, 0.1) is 23.5 Å². The van der Waals surface area contributed by atoms with Gasteiger partial charge in [-0.05, 0) is 25.1 Å². The van der Waals surface area contributed by atoms with E-state index in [4.69, 9.17) is 11.0 Å². The van der Waals surface area contributed by atoms with Crippen molar-refractivity contribution in [2.24, 2.45) is 5.73 Å². The number of aromatic nitrogens is 3. The Kier molecular flexibility index (Phi) is 3.38. The van der Waals surface area contributed by atoms with Crippen LogP contribution in [-0.2, 0) is 6.42 Å². The number of fused-ring (bicyclic) bond motifs is 1. The molecule has 0 fully saturated rings. The average molecular weight is 277 g/mol. The molecule has 1 atom stereocenters. The van der Waals surface area contributed by atoms with Gasteiger partial charge < -0.3 is 5.73 Å². The van der Waals surface area contributed by atoms with Crippen molar-refractivity contribution in [3.63, 3.8) is 0 Å². The number of rotatable bonds is 3. The third-order valence-electron chi connectivity index (χ3n) is 3.39. The molecule has 3 rings (SSSR count). The average Bonchev–Trinajstić information content (AvgIpc) is 2.85. The van der Waals surface area contributed by atoms with Gasteiger partial charge in [0, 0.05) is 17.8 Å². The van der Waals surface area contributed by atoms with Crippen LogP contribution in [0.25, 0.3) is 16.9 Å². The second kappa shape index (κ2) is 5.35. The third kappa shape index (κ3) is 2.26. The molecule has 5 heteroatoms.